The van der Waals surface area contributed by atoms with Crippen LogP contribution in [0.15, 0.2) is 48.5 Å². The Hall–Kier alpha value is -1.91. The minimum atomic E-state index is 0.698. The summed E-state index contributed by atoms with van der Waals surface area (Å²) in [5.41, 5.74) is 8.25. The van der Waals surface area contributed by atoms with Crippen molar-refractivity contribution in [1.82, 2.24) is 0 Å². The van der Waals surface area contributed by atoms with E-state index in [4.69, 9.17) is 17.3 Å². The van der Waals surface area contributed by atoms with E-state index >= 15 is 0 Å². The first-order valence-corrected chi connectivity index (χ1v) is 5.25. The van der Waals surface area contributed by atoms with Gasteiger partial charge in [0.1, 0.15) is 0 Å². The summed E-state index contributed by atoms with van der Waals surface area (Å²) >= 11 is 5.79. The van der Waals surface area contributed by atoms with Crippen LogP contribution in [0.1, 0.15) is 11.1 Å². The maximum Gasteiger partial charge on any atom is 0.0478 e. The van der Waals surface area contributed by atoms with Crippen molar-refractivity contribution in [2.45, 2.75) is 0 Å². The van der Waals surface area contributed by atoms with Gasteiger partial charge in [-0.15, -0.1) is 0 Å². The number of hydrogen-bond donors (Lipinski definition) is 1. The Labute approximate surface area is 99.9 Å². The Bertz CT molecular complexity index is 547. The summed E-state index contributed by atoms with van der Waals surface area (Å²) < 4.78 is 0. The molecular weight excluding hydrogens is 218 g/mol. The minimum Gasteiger partial charge on any atom is -0.398 e. The van der Waals surface area contributed by atoms with Crippen LogP contribution in [0.2, 0.25) is 5.02 Å². The number of nitrogens with two attached hydrogens (primary N) is 1. The van der Waals surface area contributed by atoms with E-state index in [9.17, 15) is 0 Å². The Morgan fingerprint density at radius 1 is 0.875 bits per heavy atom. The molecule has 2 heteroatoms. The quantitative estimate of drug-likeness (QED) is 0.542. The smallest absolute Gasteiger partial charge is 0.0478 e. The van der Waals surface area contributed by atoms with Crippen LogP contribution in [0.3, 0.4) is 0 Å². The lowest BCUT2D eigenvalue weighted by atomic mass is 10.1. The number of benzene rings is 2. The van der Waals surface area contributed by atoms with Crippen molar-refractivity contribution in [1.29, 1.82) is 0 Å². The molecule has 0 aliphatic rings. The number of rotatable bonds is 0. The Morgan fingerprint density at radius 2 is 1.56 bits per heavy atom. The molecule has 2 aromatic carbocycles. The van der Waals surface area contributed by atoms with Crippen molar-refractivity contribution < 1.29 is 0 Å². The van der Waals surface area contributed by atoms with Gasteiger partial charge in [-0.3, -0.25) is 0 Å². The number of nitrogen functional groups attached to an aromatic ring is 1. The molecule has 0 saturated heterocycles. The summed E-state index contributed by atoms with van der Waals surface area (Å²) in [6, 6.07) is 15.0. The third-order valence-corrected chi connectivity index (χ3v) is 2.40. The normalized spacial score (nSPS) is 9.31. The van der Waals surface area contributed by atoms with Crippen molar-refractivity contribution in [3.05, 3.63) is 64.7 Å². The largest absolute Gasteiger partial charge is 0.398 e. The predicted octanol–water partition coefficient (Wildman–Crippen LogP) is 3.32. The van der Waals surface area contributed by atoms with E-state index in [1.807, 2.05) is 48.5 Å². The molecule has 78 valence electrons. The molecule has 2 rings (SSSR count). The molecule has 0 spiro atoms. The number of halogens is 1. The fourth-order valence-electron chi connectivity index (χ4n) is 1.28. The molecule has 0 bridgehead atoms. The molecule has 0 aromatic heterocycles. The van der Waals surface area contributed by atoms with E-state index < -0.39 is 0 Å². The molecule has 0 aliphatic carbocycles. The van der Waals surface area contributed by atoms with Gasteiger partial charge in [0.25, 0.3) is 0 Å². The topological polar surface area (TPSA) is 26.0 Å². The molecule has 0 fully saturated rings. The molecule has 2 N–H and O–H groups in total. The average molecular weight is 228 g/mol. The van der Waals surface area contributed by atoms with Crippen LogP contribution in [-0.2, 0) is 0 Å². The van der Waals surface area contributed by atoms with Crippen LogP contribution in [0.4, 0.5) is 5.69 Å². The molecule has 0 aliphatic heterocycles. The number of para-hydroxylation sites is 1. The van der Waals surface area contributed by atoms with Crippen LogP contribution in [0, 0.1) is 11.8 Å². The van der Waals surface area contributed by atoms with Gasteiger partial charge in [-0.05, 0) is 36.4 Å². The van der Waals surface area contributed by atoms with E-state index in [0.717, 1.165) is 11.1 Å². The van der Waals surface area contributed by atoms with Crippen molar-refractivity contribution in [3.63, 3.8) is 0 Å². The van der Waals surface area contributed by atoms with Crippen molar-refractivity contribution in [3.8, 4) is 11.8 Å². The van der Waals surface area contributed by atoms with Crippen molar-refractivity contribution >= 4 is 17.3 Å². The lowest BCUT2D eigenvalue weighted by molar-refractivity contribution is 1.61. The summed E-state index contributed by atoms with van der Waals surface area (Å²) in [5.74, 6) is 6.07. The van der Waals surface area contributed by atoms with Gasteiger partial charge < -0.3 is 5.73 Å². The van der Waals surface area contributed by atoms with Gasteiger partial charge in [0.15, 0.2) is 0 Å². The standard InChI is InChI=1S/C14H10ClN/c15-13-9-6-11(7-10-13)5-8-12-3-1-2-4-14(12)16/h1-4,6-7,9-10H,16H2. The molecule has 0 heterocycles. The predicted molar refractivity (Wildman–Crippen MR) is 68.3 cm³/mol. The second-order valence-corrected chi connectivity index (χ2v) is 3.78. The van der Waals surface area contributed by atoms with E-state index in [2.05, 4.69) is 11.8 Å². The SMILES string of the molecule is Nc1ccccc1C#Cc1ccc(Cl)cc1. The molecule has 1 nitrogen and oxygen atoms in total. The maximum atomic E-state index is 5.79. The van der Waals surface area contributed by atoms with Gasteiger partial charge >= 0.3 is 0 Å². The van der Waals surface area contributed by atoms with Gasteiger partial charge in [-0.1, -0.05) is 35.6 Å². The first-order chi connectivity index (χ1) is 7.75. The van der Waals surface area contributed by atoms with Gasteiger partial charge in [-0.25, -0.2) is 0 Å². The van der Waals surface area contributed by atoms with Gasteiger partial charge in [0, 0.05) is 21.8 Å². The van der Waals surface area contributed by atoms with Crippen LogP contribution < -0.4 is 5.73 Å². The first kappa shape index (κ1) is 10.6. The van der Waals surface area contributed by atoms with Crippen LogP contribution in [0.5, 0.6) is 0 Å². The van der Waals surface area contributed by atoms with Gasteiger partial charge in [0.05, 0.1) is 0 Å². The lowest BCUT2D eigenvalue weighted by Gasteiger charge is -1.95. The maximum absolute atomic E-state index is 5.79. The monoisotopic (exact) mass is 227 g/mol. The fourth-order valence-corrected chi connectivity index (χ4v) is 1.41. The summed E-state index contributed by atoms with van der Waals surface area (Å²) in [4.78, 5) is 0. The van der Waals surface area contributed by atoms with Gasteiger partial charge in [-0.2, -0.15) is 0 Å². The molecule has 16 heavy (non-hydrogen) atoms. The Morgan fingerprint density at radius 3 is 2.25 bits per heavy atom. The molecule has 0 radical (unpaired) electrons. The minimum absolute atomic E-state index is 0.698. The summed E-state index contributed by atoms with van der Waals surface area (Å²) in [5, 5.41) is 0.713. The van der Waals surface area contributed by atoms with E-state index in [1.165, 1.54) is 0 Å². The zero-order valence-electron chi connectivity index (χ0n) is 8.57. The Kier molecular flexibility index (Phi) is 3.14. The highest BCUT2D eigenvalue weighted by Gasteiger charge is 1.92. The molecule has 2 aromatic rings. The molecule has 0 amide bonds. The summed E-state index contributed by atoms with van der Waals surface area (Å²) in [6.07, 6.45) is 0. The number of hydrogen-bond acceptors (Lipinski definition) is 1. The summed E-state index contributed by atoms with van der Waals surface area (Å²) in [6.45, 7) is 0. The van der Waals surface area contributed by atoms with E-state index in [-0.39, 0.29) is 0 Å². The number of anilines is 1. The lowest BCUT2D eigenvalue weighted by Crippen LogP contribution is -1.88. The van der Waals surface area contributed by atoms with E-state index in [1.54, 1.807) is 0 Å². The average Bonchev–Trinajstić information content (AvgIpc) is 2.30. The third-order valence-electron chi connectivity index (χ3n) is 2.15. The van der Waals surface area contributed by atoms with Crippen LogP contribution in [0.25, 0.3) is 0 Å². The molecular formula is C14H10ClN. The second-order valence-electron chi connectivity index (χ2n) is 3.34. The van der Waals surface area contributed by atoms with Crippen LogP contribution in [-0.4, -0.2) is 0 Å². The molecule has 0 atom stereocenters. The molecule has 0 saturated carbocycles. The molecule has 0 unspecified atom stereocenters. The van der Waals surface area contributed by atoms with Crippen molar-refractivity contribution in [2.75, 3.05) is 5.73 Å². The highest BCUT2D eigenvalue weighted by Crippen LogP contribution is 2.10. The second kappa shape index (κ2) is 4.74. The van der Waals surface area contributed by atoms with Gasteiger partial charge in [0.2, 0.25) is 0 Å². The summed E-state index contributed by atoms with van der Waals surface area (Å²) in [7, 11) is 0. The van der Waals surface area contributed by atoms with Crippen LogP contribution >= 0.6 is 11.6 Å². The zero-order valence-corrected chi connectivity index (χ0v) is 9.33. The van der Waals surface area contributed by atoms with Crippen molar-refractivity contribution in [2.24, 2.45) is 0 Å². The van der Waals surface area contributed by atoms with E-state index in [0.29, 0.717) is 10.7 Å². The third kappa shape index (κ3) is 2.56. The zero-order chi connectivity index (χ0) is 11.4. The highest BCUT2D eigenvalue weighted by atomic mass is 35.5. The first-order valence-electron chi connectivity index (χ1n) is 4.88. The Balaban J connectivity index is 2.29. The fraction of sp³-hybridized carbons (Fsp3) is 0. The highest BCUT2D eigenvalue weighted by molar-refractivity contribution is 6.30.